The molecule has 0 unspecified atom stereocenters. The highest BCUT2D eigenvalue weighted by atomic mass is 32.1. The van der Waals surface area contributed by atoms with Crippen LogP contribution in [-0.2, 0) is 24.2 Å². The van der Waals surface area contributed by atoms with Gasteiger partial charge < -0.3 is 4.52 Å². The van der Waals surface area contributed by atoms with Crippen molar-refractivity contribution in [1.29, 1.82) is 0 Å². The molecule has 5 nitrogen and oxygen atoms in total. The average molecular weight is 478 g/mol. The predicted molar refractivity (Wildman–Crippen MR) is 123 cm³/mol. The van der Waals surface area contributed by atoms with Crippen molar-refractivity contribution in [2.75, 3.05) is 13.1 Å². The number of nitrogens with zero attached hydrogens (tertiary/aromatic N) is 3. The lowest BCUT2D eigenvalue weighted by molar-refractivity contribution is -0.119. The lowest BCUT2D eigenvalue weighted by Gasteiger charge is -2.33. The Morgan fingerprint density at radius 3 is 2.70 bits per heavy atom. The molecule has 3 heterocycles. The quantitative estimate of drug-likeness (QED) is 0.487. The first-order valence-electron chi connectivity index (χ1n) is 12.4. The number of ketones is 1. The van der Waals surface area contributed by atoms with E-state index < -0.39 is 5.92 Å². The number of rotatable bonds is 8. The molecule has 5 rings (SSSR count). The SMILES string of the molecule is Cc1cc(CC(=O)CC2CCC(CCN3CCc4sc(C5CC(F)(F)C5)nc4C3)CC2)on1. The third kappa shape index (κ3) is 5.70. The molecule has 0 aromatic carbocycles. The number of halogens is 2. The van der Waals surface area contributed by atoms with Gasteiger partial charge in [0.25, 0.3) is 0 Å². The minimum Gasteiger partial charge on any atom is -0.361 e. The van der Waals surface area contributed by atoms with E-state index >= 15 is 0 Å². The van der Waals surface area contributed by atoms with Gasteiger partial charge in [0.2, 0.25) is 5.92 Å². The number of carbonyl (C=O) groups excluding carboxylic acids is 1. The third-order valence-electron chi connectivity index (χ3n) is 7.65. The maximum Gasteiger partial charge on any atom is 0.249 e. The molecule has 2 aliphatic carbocycles. The van der Waals surface area contributed by atoms with Crippen molar-refractivity contribution in [2.24, 2.45) is 11.8 Å². The van der Waals surface area contributed by atoms with E-state index in [2.05, 4.69) is 10.1 Å². The molecule has 180 valence electrons. The summed E-state index contributed by atoms with van der Waals surface area (Å²) < 4.78 is 31.6. The van der Waals surface area contributed by atoms with Crippen molar-refractivity contribution in [3.63, 3.8) is 0 Å². The minimum absolute atomic E-state index is 0.0306. The molecule has 2 aromatic rings. The highest BCUT2D eigenvalue weighted by Gasteiger charge is 2.47. The van der Waals surface area contributed by atoms with Crippen molar-refractivity contribution >= 4 is 17.1 Å². The number of aryl methyl sites for hydroxylation is 1. The van der Waals surface area contributed by atoms with E-state index in [0.29, 0.717) is 24.5 Å². The maximum atomic E-state index is 13.2. The van der Waals surface area contributed by atoms with Crippen LogP contribution in [0.1, 0.15) is 84.3 Å². The largest absolute Gasteiger partial charge is 0.361 e. The number of carbonyl (C=O) groups is 1. The van der Waals surface area contributed by atoms with E-state index in [0.717, 1.165) is 61.2 Å². The fourth-order valence-corrected chi connectivity index (χ4v) is 6.81. The summed E-state index contributed by atoms with van der Waals surface area (Å²) in [6.45, 7) is 4.85. The van der Waals surface area contributed by atoms with Gasteiger partial charge in [0.05, 0.1) is 22.8 Å². The molecule has 2 saturated carbocycles. The summed E-state index contributed by atoms with van der Waals surface area (Å²) in [6, 6.07) is 1.84. The number of thiazole rings is 1. The van der Waals surface area contributed by atoms with Crippen molar-refractivity contribution in [2.45, 2.75) is 89.5 Å². The second-order valence-corrected chi connectivity index (χ2v) is 11.6. The molecule has 0 N–H and O–H groups in total. The minimum atomic E-state index is -2.48. The van der Waals surface area contributed by atoms with Crippen LogP contribution in [0.4, 0.5) is 8.78 Å². The monoisotopic (exact) mass is 477 g/mol. The molecule has 0 radical (unpaired) electrons. The van der Waals surface area contributed by atoms with Crippen molar-refractivity contribution in [1.82, 2.24) is 15.0 Å². The maximum absolute atomic E-state index is 13.2. The molecule has 0 saturated heterocycles. The Balaban J connectivity index is 1.02. The van der Waals surface area contributed by atoms with Crippen LogP contribution >= 0.6 is 11.3 Å². The summed E-state index contributed by atoms with van der Waals surface area (Å²) in [4.78, 5) is 20.9. The second-order valence-electron chi connectivity index (χ2n) is 10.4. The van der Waals surface area contributed by atoms with Crippen molar-refractivity contribution < 1.29 is 18.1 Å². The predicted octanol–water partition coefficient (Wildman–Crippen LogP) is 5.71. The fourth-order valence-electron chi connectivity index (χ4n) is 5.65. The zero-order chi connectivity index (χ0) is 23.0. The number of alkyl halides is 2. The van der Waals surface area contributed by atoms with E-state index in [9.17, 15) is 13.6 Å². The number of Topliss-reactive ketones (excluding diaryl/α,β-unsaturated/α-hetero) is 1. The first-order chi connectivity index (χ1) is 15.8. The highest BCUT2D eigenvalue weighted by Crippen LogP contribution is 2.49. The fraction of sp³-hybridized carbons (Fsp3) is 0.720. The summed E-state index contributed by atoms with van der Waals surface area (Å²) in [5, 5.41) is 4.79. The molecule has 33 heavy (non-hydrogen) atoms. The van der Waals surface area contributed by atoms with Gasteiger partial charge in [-0.25, -0.2) is 13.8 Å². The Hall–Kier alpha value is -1.67. The Kier molecular flexibility index (Phi) is 6.67. The van der Waals surface area contributed by atoms with Gasteiger partial charge in [-0.3, -0.25) is 9.69 Å². The summed E-state index contributed by atoms with van der Waals surface area (Å²) in [5.74, 6) is -0.349. The van der Waals surface area contributed by atoms with Crippen LogP contribution in [0.2, 0.25) is 0 Å². The zero-order valence-corrected chi connectivity index (χ0v) is 20.1. The molecule has 8 heteroatoms. The second kappa shape index (κ2) is 9.53. The first-order valence-corrected chi connectivity index (χ1v) is 13.2. The van der Waals surface area contributed by atoms with Crippen LogP contribution in [0.25, 0.3) is 0 Å². The van der Waals surface area contributed by atoms with E-state index in [-0.39, 0.29) is 24.5 Å². The lowest BCUT2D eigenvalue weighted by Crippen LogP contribution is -2.33. The molecular formula is C25H33F2N3O2S. The van der Waals surface area contributed by atoms with Crippen molar-refractivity contribution in [3.8, 4) is 0 Å². The molecule has 3 aliphatic rings. The first kappa shape index (κ1) is 23.1. The van der Waals surface area contributed by atoms with Crippen LogP contribution in [0.15, 0.2) is 10.6 Å². The van der Waals surface area contributed by atoms with Gasteiger partial charge in [-0.05, 0) is 51.0 Å². The van der Waals surface area contributed by atoms with Gasteiger partial charge in [-0.1, -0.05) is 18.0 Å². The van der Waals surface area contributed by atoms with Crippen molar-refractivity contribution in [3.05, 3.63) is 33.1 Å². The topological polar surface area (TPSA) is 59.2 Å². The van der Waals surface area contributed by atoms with Gasteiger partial charge in [0.1, 0.15) is 11.5 Å². The molecule has 2 aromatic heterocycles. The number of aromatic nitrogens is 2. The average Bonchev–Trinajstić information content (AvgIpc) is 3.36. The smallest absolute Gasteiger partial charge is 0.249 e. The zero-order valence-electron chi connectivity index (χ0n) is 19.3. The summed E-state index contributed by atoms with van der Waals surface area (Å²) >= 11 is 1.67. The summed E-state index contributed by atoms with van der Waals surface area (Å²) in [6.07, 6.45) is 7.82. The van der Waals surface area contributed by atoms with Crippen LogP contribution < -0.4 is 0 Å². The van der Waals surface area contributed by atoms with E-state index in [4.69, 9.17) is 9.51 Å². The van der Waals surface area contributed by atoms with Gasteiger partial charge in [0.15, 0.2) is 0 Å². The number of fused-ring (bicyclic) bond motifs is 1. The Morgan fingerprint density at radius 1 is 1.24 bits per heavy atom. The summed E-state index contributed by atoms with van der Waals surface area (Å²) in [5.41, 5.74) is 1.95. The standard InChI is InChI=1S/C25H33F2N3O2S/c1-16-10-21(32-29-16)12-20(31)11-18-4-2-17(3-5-18)6-8-30-9-7-23-22(15-30)28-24(33-23)19-13-25(26,27)14-19/h10,17-19H,2-9,11-15H2,1H3. The van der Waals surface area contributed by atoms with Gasteiger partial charge in [-0.15, -0.1) is 11.3 Å². The molecule has 0 spiro atoms. The molecule has 1 aliphatic heterocycles. The van der Waals surface area contributed by atoms with Gasteiger partial charge in [-0.2, -0.15) is 0 Å². The molecule has 2 fully saturated rings. The Bertz CT molecular complexity index is 972. The Labute approximate surface area is 197 Å². The molecule has 0 atom stereocenters. The normalized spacial score (nSPS) is 25.5. The summed E-state index contributed by atoms with van der Waals surface area (Å²) in [7, 11) is 0. The van der Waals surface area contributed by atoms with Crippen LogP contribution in [0.3, 0.4) is 0 Å². The third-order valence-corrected chi connectivity index (χ3v) is 8.97. The van der Waals surface area contributed by atoms with E-state index in [1.165, 1.54) is 24.1 Å². The van der Waals surface area contributed by atoms with Crippen LogP contribution in [0, 0.1) is 18.8 Å². The van der Waals surface area contributed by atoms with Crippen LogP contribution in [-0.4, -0.2) is 39.8 Å². The Morgan fingerprint density at radius 2 is 2.00 bits per heavy atom. The number of hydrogen-bond donors (Lipinski definition) is 0. The van der Waals surface area contributed by atoms with Crippen LogP contribution in [0.5, 0.6) is 0 Å². The highest BCUT2D eigenvalue weighted by molar-refractivity contribution is 7.11. The molecule has 0 amide bonds. The lowest BCUT2D eigenvalue weighted by atomic mass is 9.78. The van der Waals surface area contributed by atoms with Gasteiger partial charge in [0, 0.05) is 49.2 Å². The molecular weight excluding hydrogens is 444 g/mol. The molecule has 0 bridgehead atoms. The van der Waals surface area contributed by atoms with E-state index in [1.54, 1.807) is 11.3 Å². The van der Waals surface area contributed by atoms with E-state index in [1.807, 2.05) is 13.0 Å². The number of hydrogen-bond acceptors (Lipinski definition) is 6. The van der Waals surface area contributed by atoms with Gasteiger partial charge >= 0.3 is 0 Å².